The first-order chi connectivity index (χ1) is 12.3. The maximum Gasteiger partial charge on any atom is 0.228 e. The fourth-order valence-electron chi connectivity index (χ4n) is 2.69. The molecule has 26 heavy (non-hydrogen) atoms. The topological polar surface area (TPSA) is 49.4 Å². The van der Waals surface area contributed by atoms with Crippen molar-refractivity contribution in [3.8, 4) is 0 Å². The SMILES string of the molecule is CC(C)Cc1ccc(CC(=O)Nc2ccc(CC(=O)N(C)C)cc2)cc1. The summed E-state index contributed by atoms with van der Waals surface area (Å²) in [6, 6.07) is 15.7. The van der Waals surface area contributed by atoms with Crippen LogP contribution in [0.3, 0.4) is 0 Å². The summed E-state index contributed by atoms with van der Waals surface area (Å²) in [5.74, 6) is 0.640. The Morgan fingerprint density at radius 2 is 1.35 bits per heavy atom. The minimum atomic E-state index is -0.0428. The molecule has 4 nitrogen and oxygen atoms in total. The predicted octanol–water partition coefficient (Wildman–Crippen LogP) is 3.70. The maximum atomic E-state index is 12.2. The van der Waals surface area contributed by atoms with Crippen LogP contribution in [0.25, 0.3) is 0 Å². The van der Waals surface area contributed by atoms with E-state index in [0.29, 0.717) is 18.8 Å². The molecule has 2 amide bonds. The van der Waals surface area contributed by atoms with E-state index in [1.54, 1.807) is 19.0 Å². The lowest BCUT2D eigenvalue weighted by Crippen LogP contribution is -2.23. The zero-order valence-corrected chi connectivity index (χ0v) is 16.1. The zero-order chi connectivity index (χ0) is 19.1. The molecule has 0 heterocycles. The second-order valence-corrected chi connectivity index (χ2v) is 7.30. The van der Waals surface area contributed by atoms with Gasteiger partial charge in [0.25, 0.3) is 0 Å². The van der Waals surface area contributed by atoms with Crippen LogP contribution in [0.1, 0.15) is 30.5 Å². The number of amides is 2. The highest BCUT2D eigenvalue weighted by atomic mass is 16.2. The molecule has 2 aromatic carbocycles. The third-order valence-electron chi connectivity index (χ3n) is 4.12. The lowest BCUT2D eigenvalue weighted by molar-refractivity contribution is -0.128. The Morgan fingerprint density at radius 1 is 0.846 bits per heavy atom. The summed E-state index contributed by atoms with van der Waals surface area (Å²) in [5, 5.41) is 2.91. The average Bonchev–Trinajstić information content (AvgIpc) is 2.57. The highest BCUT2D eigenvalue weighted by Gasteiger charge is 2.07. The van der Waals surface area contributed by atoms with Crippen LogP contribution in [0, 0.1) is 5.92 Å². The number of carbonyl (C=O) groups excluding carboxylic acids is 2. The molecule has 0 saturated heterocycles. The third kappa shape index (κ3) is 6.36. The van der Waals surface area contributed by atoms with Gasteiger partial charge in [-0.25, -0.2) is 0 Å². The molecule has 0 spiro atoms. The number of anilines is 1. The Balaban J connectivity index is 1.88. The third-order valence-corrected chi connectivity index (χ3v) is 4.12. The second kappa shape index (κ2) is 9.18. The van der Waals surface area contributed by atoms with Crippen LogP contribution in [0.15, 0.2) is 48.5 Å². The molecule has 0 saturated carbocycles. The molecule has 138 valence electrons. The number of rotatable bonds is 7. The second-order valence-electron chi connectivity index (χ2n) is 7.30. The van der Waals surface area contributed by atoms with Gasteiger partial charge in [0.05, 0.1) is 12.8 Å². The Labute approximate surface area is 156 Å². The van der Waals surface area contributed by atoms with Gasteiger partial charge in [0.15, 0.2) is 0 Å². The minimum absolute atomic E-state index is 0.0428. The van der Waals surface area contributed by atoms with Gasteiger partial charge in [0, 0.05) is 19.8 Å². The Hall–Kier alpha value is -2.62. The molecule has 0 bridgehead atoms. The Kier molecular flexibility index (Phi) is 6.96. The minimum Gasteiger partial charge on any atom is -0.349 e. The van der Waals surface area contributed by atoms with Crippen molar-refractivity contribution in [3.63, 3.8) is 0 Å². The fraction of sp³-hybridized carbons (Fsp3) is 0.364. The van der Waals surface area contributed by atoms with Crippen molar-refractivity contribution in [2.75, 3.05) is 19.4 Å². The number of carbonyl (C=O) groups is 2. The summed E-state index contributed by atoms with van der Waals surface area (Å²) < 4.78 is 0. The molecular weight excluding hydrogens is 324 g/mol. The molecule has 0 aliphatic carbocycles. The summed E-state index contributed by atoms with van der Waals surface area (Å²) in [6.07, 6.45) is 1.77. The number of benzene rings is 2. The van der Waals surface area contributed by atoms with Crippen LogP contribution in [-0.4, -0.2) is 30.8 Å². The lowest BCUT2D eigenvalue weighted by Gasteiger charge is -2.11. The van der Waals surface area contributed by atoms with Crippen molar-refractivity contribution >= 4 is 17.5 Å². The van der Waals surface area contributed by atoms with Crippen molar-refractivity contribution in [3.05, 3.63) is 65.2 Å². The molecular formula is C22H28N2O2. The molecule has 0 unspecified atom stereocenters. The average molecular weight is 352 g/mol. The van der Waals surface area contributed by atoms with Gasteiger partial charge >= 0.3 is 0 Å². The number of nitrogens with one attached hydrogen (secondary N) is 1. The first kappa shape index (κ1) is 19.7. The van der Waals surface area contributed by atoms with E-state index in [4.69, 9.17) is 0 Å². The molecule has 0 aromatic heterocycles. The Bertz CT molecular complexity index is 732. The van der Waals surface area contributed by atoms with E-state index >= 15 is 0 Å². The summed E-state index contributed by atoms with van der Waals surface area (Å²) in [6.45, 7) is 4.39. The van der Waals surface area contributed by atoms with E-state index in [1.165, 1.54) is 5.56 Å². The van der Waals surface area contributed by atoms with Crippen molar-refractivity contribution in [2.24, 2.45) is 5.92 Å². The fourth-order valence-corrected chi connectivity index (χ4v) is 2.69. The lowest BCUT2D eigenvalue weighted by atomic mass is 10.0. The van der Waals surface area contributed by atoms with Crippen LogP contribution in [0.4, 0.5) is 5.69 Å². The summed E-state index contributed by atoms with van der Waals surface area (Å²) in [5.41, 5.74) is 3.98. The number of hydrogen-bond donors (Lipinski definition) is 1. The first-order valence-corrected chi connectivity index (χ1v) is 9.00. The highest BCUT2D eigenvalue weighted by Crippen LogP contribution is 2.13. The number of hydrogen-bond acceptors (Lipinski definition) is 2. The zero-order valence-electron chi connectivity index (χ0n) is 16.1. The van der Waals surface area contributed by atoms with E-state index in [-0.39, 0.29) is 11.8 Å². The van der Waals surface area contributed by atoms with Crippen molar-refractivity contribution < 1.29 is 9.59 Å². The van der Waals surface area contributed by atoms with Gasteiger partial charge in [-0.05, 0) is 41.2 Å². The van der Waals surface area contributed by atoms with E-state index in [1.807, 2.05) is 36.4 Å². The summed E-state index contributed by atoms with van der Waals surface area (Å²) in [7, 11) is 3.48. The molecule has 4 heteroatoms. The van der Waals surface area contributed by atoms with E-state index in [2.05, 4.69) is 31.3 Å². The number of likely N-dealkylation sites (N-methyl/N-ethyl adjacent to an activating group) is 1. The summed E-state index contributed by atoms with van der Waals surface area (Å²) >= 11 is 0. The molecule has 0 fully saturated rings. The molecule has 2 rings (SSSR count). The van der Waals surface area contributed by atoms with Crippen LogP contribution >= 0.6 is 0 Å². The molecule has 0 aliphatic rings. The van der Waals surface area contributed by atoms with Gasteiger partial charge < -0.3 is 10.2 Å². The van der Waals surface area contributed by atoms with Gasteiger partial charge in [-0.15, -0.1) is 0 Å². The van der Waals surface area contributed by atoms with E-state index < -0.39 is 0 Å². The standard InChI is InChI=1S/C22H28N2O2/c1-16(2)13-17-5-7-18(8-6-17)14-21(25)23-20-11-9-19(10-12-20)15-22(26)24(3)4/h5-12,16H,13-15H2,1-4H3,(H,23,25). The Morgan fingerprint density at radius 3 is 1.88 bits per heavy atom. The van der Waals surface area contributed by atoms with Gasteiger partial charge in [-0.2, -0.15) is 0 Å². The van der Waals surface area contributed by atoms with Crippen molar-refractivity contribution in [1.82, 2.24) is 4.90 Å². The molecule has 0 radical (unpaired) electrons. The molecule has 0 aliphatic heterocycles. The normalized spacial score (nSPS) is 10.7. The number of nitrogens with zero attached hydrogens (tertiary/aromatic N) is 1. The molecule has 2 aromatic rings. The van der Waals surface area contributed by atoms with Crippen molar-refractivity contribution in [2.45, 2.75) is 33.1 Å². The van der Waals surface area contributed by atoms with Gasteiger partial charge in [-0.3, -0.25) is 9.59 Å². The first-order valence-electron chi connectivity index (χ1n) is 9.00. The quantitative estimate of drug-likeness (QED) is 0.826. The van der Waals surface area contributed by atoms with Crippen LogP contribution < -0.4 is 5.32 Å². The highest BCUT2D eigenvalue weighted by molar-refractivity contribution is 5.92. The molecule has 0 atom stereocenters. The monoisotopic (exact) mass is 352 g/mol. The van der Waals surface area contributed by atoms with E-state index in [0.717, 1.165) is 23.2 Å². The van der Waals surface area contributed by atoms with E-state index in [9.17, 15) is 9.59 Å². The van der Waals surface area contributed by atoms with Crippen LogP contribution in [0.5, 0.6) is 0 Å². The largest absolute Gasteiger partial charge is 0.349 e. The maximum absolute atomic E-state index is 12.2. The predicted molar refractivity (Wildman–Crippen MR) is 106 cm³/mol. The van der Waals surface area contributed by atoms with Gasteiger partial charge in [-0.1, -0.05) is 50.2 Å². The van der Waals surface area contributed by atoms with Crippen LogP contribution in [0.2, 0.25) is 0 Å². The molecule has 1 N–H and O–H groups in total. The van der Waals surface area contributed by atoms with Gasteiger partial charge in [0.1, 0.15) is 0 Å². The van der Waals surface area contributed by atoms with Crippen molar-refractivity contribution in [1.29, 1.82) is 0 Å². The van der Waals surface area contributed by atoms with Crippen LogP contribution in [-0.2, 0) is 28.9 Å². The smallest absolute Gasteiger partial charge is 0.228 e. The van der Waals surface area contributed by atoms with Gasteiger partial charge in [0.2, 0.25) is 11.8 Å². The summed E-state index contributed by atoms with van der Waals surface area (Å²) in [4.78, 5) is 25.5.